The molecule has 0 bridgehead atoms. The normalized spacial score (nSPS) is 20.3. The molecule has 2 rings (SSSR count). The molecule has 0 spiro atoms. The lowest BCUT2D eigenvalue weighted by atomic mass is 10.1. The van der Waals surface area contributed by atoms with Gasteiger partial charge in [0.15, 0.2) is 0 Å². The standard InChI is InChI=1S/C13H17BrClN3O/c14-9-3-4-12(11(15)6-9)17-13(19)8-18-5-1-2-10(16)7-18/h3-4,6,10H,1-2,5,7-8,16H2,(H,17,19)/t10-/m1/s1. The van der Waals surface area contributed by atoms with E-state index in [0.717, 1.165) is 30.4 Å². The van der Waals surface area contributed by atoms with Gasteiger partial charge in [-0.1, -0.05) is 27.5 Å². The van der Waals surface area contributed by atoms with Crippen LogP contribution in [-0.4, -0.2) is 36.5 Å². The van der Waals surface area contributed by atoms with Crippen molar-refractivity contribution in [1.29, 1.82) is 0 Å². The van der Waals surface area contributed by atoms with Crippen LogP contribution in [0.2, 0.25) is 5.02 Å². The summed E-state index contributed by atoms with van der Waals surface area (Å²) in [5.74, 6) is -0.0571. The molecule has 0 radical (unpaired) electrons. The third-order valence-electron chi connectivity index (χ3n) is 3.11. The molecule has 0 aromatic heterocycles. The van der Waals surface area contributed by atoms with Crippen molar-refractivity contribution >= 4 is 39.1 Å². The number of hydrogen-bond donors (Lipinski definition) is 2. The van der Waals surface area contributed by atoms with E-state index in [1.54, 1.807) is 12.1 Å². The lowest BCUT2D eigenvalue weighted by Gasteiger charge is -2.29. The van der Waals surface area contributed by atoms with Crippen LogP contribution >= 0.6 is 27.5 Å². The second-order valence-corrected chi connectivity index (χ2v) is 6.13. The van der Waals surface area contributed by atoms with Crippen LogP contribution in [-0.2, 0) is 4.79 Å². The molecule has 19 heavy (non-hydrogen) atoms. The van der Waals surface area contributed by atoms with Crippen molar-refractivity contribution in [2.75, 3.05) is 25.0 Å². The molecule has 104 valence electrons. The number of anilines is 1. The molecule has 1 fully saturated rings. The number of nitrogens with two attached hydrogens (primary N) is 1. The first-order valence-corrected chi connectivity index (χ1v) is 7.44. The van der Waals surface area contributed by atoms with Gasteiger partial charge in [-0.2, -0.15) is 0 Å². The van der Waals surface area contributed by atoms with E-state index in [-0.39, 0.29) is 11.9 Å². The number of amides is 1. The van der Waals surface area contributed by atoms with Crippen molar-refractivity contribution in [3.05, 3.63) is 27.7 Å². The quantitative estimate of drug-likeness (QED) is 0.884. The zero-order chi connectivity index (χ0) is 13.8. The molecule has 3 N–H and O–H groups in total. The van der Waals surface area contributed by atoms with E-state index in [2.05, 4.69) is 26.1 Å². The molecule has 0 aliphatic carbocycles. The summed E-state index contributed by atoms with van der Waals surface area (Å²) in [7, 11) is 0. The summed E-state index contributed by atoms with van der Waals surface area (Å²) >= 11 is 9.39. The second-order valence-electron chi connectivity index (χ2n) is 4.81. The minimum absolute atomic E-state index is 0.0571. The number of carbonyl (C=O) groups excluding carboxylic acids is 1. The summed E-state index contributed by atoms with van der Waals surface area (Å²) < 4.78 is 0.887. The van der Waals surface area contributed by atoms with Crippen molar-refractivity contribution in [3.8, 4) is 0 Å². The lowest BCUT2D eigenvalue weighted by Crippen LogP contribution is -2.45. The van der Waals surface area contributed by atoms with Crippen LogP contribution in [0, 0.1) is 0 Å². The monoisotopic (exact) mass is 345 g/mol. The van der Waals surface area contributed by atoms with Crippen LogP contribution in [0.15, 0.2) is 22.7 Å². The molecule has 6 heteroatoms. The van der Waals surface area contributed by atoms with Gasteiger partial charge >= 0.3 is 0 Å². The Labute approximate surface area is 126 Å². The van der Waals surface area contributed by atoms with Crippen LogP contribution in [0.3, 0.4) is 0 Å². The maximum Gasteiger partial charge on any atom is 0.238 e. The van der Waals surface area contributed by atoms with Gasteiger partial charge in [-0.05, 0) is 37.6 Å². The van der Waals surface area contributed by atoms with E-state index < -0.39 is 0 Å². The highest BCUT2D eigenvalue weighted by molar-refractivity contribution is 9.10. The molecule has 0 saturated carbocycles. The smallest absolute Gasteiger partial charge is 0.238 e. The predicted octanol–water partition coefficient (Wildman–Crippen LogP) is 2.46. The molecule has 1 aromatic rings. The Morgan fingerprint density at radius 2 is 2.37 bits per heavy atom. The number of nitrogens with one attached hydrogen (secondary N) is 1. The molecule has 1 aromatic carbocycles. The first kappa shape index (κ1) is 14.8. The fourth-order valence-electron chi connectivity index (χ4n) is 2.22. The largest absolute Gasteiger partial charge is 0.327 e. The number of likely N-dealkylation sites (tertiary alicyclic amines) is 1. The highest BCUT2D eigenvalue weighted by atomic mass is 79.9. The summed E-state index contributed by atoms with van der Waals surface area (Å²) in [6.07, 6.45) is 2.09. The first-order chi connectivity index (χ1) is 9.04. The molecule has 1 atom stereocenters. The average Bonchev–Trinajstić information content (AvgIpc) is 2.33. The lowest BCUT2D eigenvalue weighted by molar-refractivity contribution is -0.117. The molecule has 1 saturated heterocycles. The fraction of sp³-hybridized carbons (Fsp3) is 0.462. The topological polar surface area (TPSA) is 58.4 Å². The van der Waals surface area contributed by atoms with Crippen LogP contribution in [0.4, 0.5) is 5.69 Å². The number of halogens is 2. The van der Waals surface area contributed by atoms with Gasteiger partial charge in [0.25, 0.3) is 0 Å². The van der Waals surface area contributed by atoms with Gasteiger partial charge in [-0.15, -0.1) is 0 Å². The molecule has 1 amide bonds. The Balaban J connectivity index is 1.90. The maximum atomic E-state index is 12.0. The first-order valence-electron chi connectivity index (χ1n) is 6.27. The van der Waals surface area contributed by atoms with E-state index >= 15 is 0 Å². The van der Waals surface area contributed by atoms with Gasteiger partial charge in [0.1, 0.15) is 0 Å². The summed E-state index contributed by atoms with van der Waals surface area (Å²) in [6.45, 7) is 2.07. The highest BCUT2D eigenvalue weighted by Gasteiger charge is 2.19. The van der Waals surface area contributed by atoms with Crippen molar-refractivity contribution < 1.29 is 4.79 Å². The van der Waals surface area contributed by atoms with Gasteiger partial charge in [-0.25, -0.2) is 0 Å². The Kier molecular flexibility index (Phi) is 5.21. The zero-order valence-corrected chi connectivity index (χ0v) is 12.9. The molecular formula is C13H17BrClN3O. The molecule has 1 aliphatic heterocycles. The molecule has 1 heterocycles. The average molecular weight is 347 g/mol. The Morgan fingerprint density at radius 1 is 1.58 bits per heavy atom. The van der Waals surface area contributed by atoms with Crippen LogP contribution < -0.4 is 11.1 Å². The van der Waals surface area contributed by atoms with E-state index in [1.165, 1.54) is 0 Å². The number of benzene rings is 1. The van der Waals surface area contributed by atoms with Crippen molar-refractivity contribution in [2.45, 2.75) is 18.9 Å². The Hall–Kier alpha value is -0.620. The van der Waals surface area contributed by atoms with Gasteiger partial charge in [0, 0.05) is 17.1 Å². The third-order valence-corrected chi connectivity index (χ3v) is 3.92. The van der Waals surface area contributed by atoms with Gasteiger partial charge in [-0.3, -0.25) is 9.69 Å². The van der Waals surface area contributed by atoms with E-state index in [4.69, 9.17) is 17.3 Å². The number of hydrogen-bond acceptors (Lipinski definition) is 3. The number of piperidine rings is 1. The maximum absolute atomic E-state index is 12.0. The minimum atomic E-state index is -0.0571. The molecule has 4 nitrogen and oxygen atoms in total. The Morgan fingerprint density at radius 3 is 3.05 bits per heavy atom. The summed E-state index contributed by atoms with van der Waals surface area (Å²) in [5, 5.41) is 3.35. The minimum Gasteiger partial charge on any atom is -0.327 e. The second kappa shape index (κ2) is 6.70. The SMILES string of the molecule is N[C@@H]1CCCN(CC(=O)Nc2ccc(Br)cc2Cl)C1. The van der Waals surface area contributed by atoms with E-state index in [0.29, 0.717) is 17.3 Å². The van der Waals surface area contributed by atoms with Crippen molar-refractivity contribution in [2.24, 2.45) is 5.73 Å². The van der Waals surface area contributed by atoms with E-state index in [9.17, 15) is 4.79 Å². The Bertz CT molecular complexity index is 469. The molecule has 1 aliphatic rings. The predicted molar refractivity (Wildman–Crippen MR) is 81.4 cm³/mol. The van der Waals surface area contributed by atoms with E-state index in [1.807, 2.05) is 6.07 Å². The zero-order valence-electron chi connectivity index (χ0n) is 10.5. The molecular weight excluding hydrogens is 330 g/mol. The van der Waals surface area contributed by atoms with Crippen LogP contribution in [0.1, 0.15) is 12.8 Å². The number of nitrogens with zero attached hydrogens (tertiary/aromatic N) is 1. The van der Waals surface area contributed by atoms with Crippen LogP contribution in [0.25, 0.3) is 0 Å². The summed E-state index contributed by atoms with van der Waals surface area (Å²) in [4.78, 5) is 14.0. The third kappa shape index (κ3) is 4.45. The van der Waals surface area contributed by atoms with Crippen LogP contribution in [0.5, 0.6) is 0 Å². The van der Waals surface area contributed by atoms with Crippen molar-refractivity contribution in [1.82, 2.24) is 4.90 Å². The van der Waals surface area contributed by atoms with Gasteiger partial charge in [0.2, 0.25) is 5.91 Å². The fourth-order valence-corrected chi connectivity index (χ4v) is 2.94. The summed E-state index contributed by atoms with van der Waals surface area (Å²) in [6, 6.07) is 5.57. The van der Waals surface area contributed by atoms with Crippen molar-refractivity contribution in [3.63, 3.8) is 0 Å². The van der Waals surface area contributed by atoms with Gasteiger partial charge in [0.05, 0.1) is 17.3 Å². The summed E-state index contributed by atoms with van der Waals surface area (Å²) in [5.41, 5.74) is 6.53. The highest BCUT2D eigenvalue weighted by Crippen LogP contribution is 2.25. The number of carbonyl (C=O) groups is 1. The molecule has 0 unspecified atom stereocenters. The number of rotatable bonds is 3. The van der Waals surface area contributed by atoms with Gasteiger partial charge < -0.3 is 11.1 Å².